The van der Waals surface area contributed by atoms with Gasteiger partial charge in [0.15, 0.2) is 10.8 Å². The zero-order valence-corrected chi connectivity index (χ0v) is 26.6. The van der Waals surface area contributed by atoms with E-state index in [0.717, 1.165) is 13.8 Å². The van der Waals surface area contributed by atoms with E-state index in [1.54, 1.807) is 0 Å². The minimum Gasteiger partial charge on any atom is -0.461 e. The Bertz CT molecular complexity index is 1100. The Balaban J connectivity index is 0.000000365. The van der Waals surface area contributed by atoms with Crippen LogP contribution < -0.4 is 0 Å². The van der Waals surface area contributed by atoms with Crippen molar-refractivity contribution in [3.8, 4) is 0 Å². The first kappa shape index (κ1) is 42.4. The lowest BCUT2D eigenvalue weighted by molar-refractivity contribution is -0.373. The van der Waals surface area contributed by atoms with Gasteiger partial charge >= 0.3 is 36.6 Å². The smallest absolute Gasteiger partial charge is 0.404 e. The van der Waals surface area contributed by atoms with Crippen LogP contribution in [0.3, 0.4) is 0 Å². The highest BCUT2D eigenvalue weighted by Gasteiger charge is 2.81. The first-order valence-electron chi connectivity index (χ1n) is 14.9. The van der Waals surface area contributed by atoms with Crippen molar-refractivity contribution < 1.29 is 84.2 Å². The minimum atomic E-state index is -5.53. The van der Waals surface area contributed by atoms with Gasteiger partial charge in [-0.15, -0.1) is 0 Å². The number of halogens is 17. The normalized spacial score (nSPS) is 34.3. The molecule has 3 aliphatic carbocycles. The first-order valence-corrected chi connectivity index (χ1v) is 14.9. The van der Waals surface area contributed by atoms with Crippen LogP contribution in [0.2, 0.25) is 0 Å². The van der Waals surface area contributed by atoms with Gasteiger partial charge in [0, 0.05) is 6.92 Å². The van der Waals surface area contributed by atoms with Gasteiger partial charge in [0.2, 0.25) is 5.67 Å². The summed E-state index contributed by atoms with van der Waals surface area (Å²) in [7, 11) is 0. The third-order valence-electron chi connectivity index (χ3n) is 10.9. The molecule has 3 saturated carbocycles. The fourth-order valence-electron chi connectivity index (χ4n) is 7.15. The number of hydrogen-bond donors (Lipinski definition) is 0. The van der Waals surface area contributed by atoms with Gasteiger partial charge in [0.05, 0.1) is 0 Å². The summed E-state index contributed by atoms with van der Waals surface area (Å²) >= 11 is 0. The Hall–Kier alpha value is -1.72. The van der Waals surface area contributed by atoms with E-state index in [9.17, 15) is 79.4 Å². The van der Waals surface area contributed by atoms with Gasteiger partial charge < -0.3 is 4.74 Å². The van der Waals surface area contributed by atoms with Crippen molar-refractivity contribution in [1.29, 1.82) is 0 Å². The molecule has 8 atom stereocenters. The predicted molar refractivity (Wildman–Crippen MR) is 135 cm³/mol. The minimum absolute atomic E-state index is 0.0233. The predicted octanol–water partition coefficient (Wildman–Crippen LogP) is 11.4. The van der Waals surface area contributed by atoms with Gasteiger partial charge in [-0.25, -0.2) is 22.0 Å². The molecule has 3 rings (SSSR count). The van der Waals surface area contributed by atoms with Gasteiger partial charge in [-0.05, 0) is 89.4 Å². The maximum atomic E-state index is 14.1. The van der Waals surface area contributed by atoms with Crippen LogP contribution in [0.4, 0.5) is 74.6 Å². The summed E-state index contributed by atoms with van der Waals surface area (Å²) in [4.78, 5) is 12.2. The van der Waals surface area contributed by atoms with Crippen LogP contribution in [-0.2, 0) is 9.53 Å². The average Bonchev–Trinajstić information content (AvgIpc) is 3.39. The Labute approximate surface area is 265 Å². The summed E-state index contributed by atoms with van der Waals surface area (Å²) in [5.74, 6) is -15.0. The fraction of sp³-hybridized carbons (Fsp3) is 0.966. The van der Waals surface area contributed by atoms with Crippen LogP contribution in [0.25, 0.3) is 0 Å². The van der Waals surface area contributed by atoms with Crippen molar-refractivity contribution >= 4 is 5.97 Å². The standard InChI is InChI=1S/C18H23F9O2.C11H14F8/c1-4-14(2,16(19,20)21)13(28)29-12-7-9-5-6-10(12)11(9)8-15(3,17(22,23)24)18(25,26)27;1-6-4-7(2,11(17,18)19)10(15,16)9(14,5-6)8(3,12)13/h9-12H,4-8H2,1-3H3;6H,4-5H2,1-3H3. The third-order valence-corrected chi connectivity index (χ3v) is 10.9. The van der Waals surface area contributed by atoms with Crippen molar-refractivity contribution in [1.82, 2.24) is 0 Å². The maximum absolute atomic E-state index is 14.1. The Morgan fingerprint density at radius 1 is 0.771 bits per heavy atom. The number of alkyl halides is 17. The lowest BCUT2D eigenvalue weighted by Gasteiger charge is -2.52. The number of ether oxygens (including phenoxy) is 1. The number of rotatable bonds is 6. The van der Waals surface area contributed by atoms with Crippen LogP contribution in [0.15, 0.2) is 0 Å². The molecule has 0 radical (unpaired) electrons. The number of esters is 1. The molecule has 284 valence electrons. The van der Waals surface area contributed by atoms with E-state index in [4.69, 9.17) is 4.74 Å². The molecule has 0 spiro atoms. The highest BCUT2D eigenvalue weighted by molar-refractivity contribution is 5.77. The summed E-state index contributed by atoms with van der Waals surface area (Å²) in [6.07, 6.45) is -26.2. The molecule has 0 amide bonds. The first-order chi connectivity index (χ1) is 21.0. The molecule has 0 aliphatic heterocycles. The zero-order chi connectivity index (χ0) is 38.1. The molecule has 0 aromatic rings. The largest absolute Gasteiger partial charge is 0.461 e. The van der Waals surface area contributed by atoms with Crippen LogP contribution in [0.1, 0.15) is 86.5 Å². The SMILES string of the molecule is CC1CC(C)(C(F)(F)F)C(F)(F)C(F)(C(C)(F)F)C1.CCC(C)(C(=O)OC1CC2CCC1C2CC(C)(C(F)(F)F)C(F)(F)F)C(F)(F)F. The van der Waals surface area contributed by atoms with E-state index in [-0.39, 0.29) is 33.6 Å². The van der Waals surface area contributed by atoms with Gasteiger partial charge in [0.1, 0.15) is 11.5 Å². The molecule has 2 nitrogen and oxygen atoms in total. The number of hydrogen-bond acceptors (Lipinski definition) is 2. The summed E-state index contributed by atoms with van der Waals surface area (Å²) in [6, 6.07) is 0. The van der Waals surface area contributed by atoms with Crippen molar-refractivity contribution in [2.24, 2.45) is 39.9 Å². The Morgan fingerprint density at radius 3 is 1.62 bits per heavy atom. The number of carbonyl (C=O) groups is 1. The maximum Gasteiger partial charge on any atom is 0.404 e. The van der Waals surface area contributed by atoms with E-state index < -0.39 is 120 Å². The van der Waals surface area contributed by atoms with Gasteiger partial charge in [-0.2, -0.15) is 52.7 Å². The average molecular weight is 741 g/mol. The second kappa shape index (κ2) is 12.5. The van der Waals surface area contributed by atoms with Crippen LogP contribution in [0.5, 0.6) is 0 Å². The summed E-state index contributed by atoms with van der Waals surface area (Å²) in [5, 5.41) is 0. The lowest BCUT2D eigenvalue weighted by atomic mass is 9.60. The molecule has 0 N–H and O–H groups in total. The second-order valence-electron chi connectivity index (χ2n) is 14.2. The topological polar surface area (TPSA) is 26.3 Å². The molecule has 8 unspecified atom stereocenters. The highest BCUT2D eigenvalue weighted by Crippen LogP contribution is 2.66. The molecule has 0 heterocycles. The lowest BCUT2D eigenvalue weighted by Crippen LogP contribution is -2.69. The van der Waals surface area contributed by atoms with Crippen LogP contribution in [0, 0.1) is 39.9 Å². The van der Waals surface area contributed by atoms with Crippen LogP contribution in [-0.4, -0.2) is 54.3 Å². The van der Waals surface area contributed by atoms with Gasteiger partial charge in [0.25, 0.3) is 5.92 Å². The van der Waals surface area contributed by atoms with E-state index in [1.165, 1.54) is 0 Å². The molecule has 3 aliphatic rings. The molecule has 2 bridgehead atoms. The van der Waals surface area contributed by atoms with E-state index in [0.29, 0.717) is 13.3 Å². The molecule has 0 saturated heterocycles. The van der Waals surface area contributed by atoms with Crippen molar-refractivity contribution in [3.63, 3.8) is 0 Å². The summed E-state index contributed by atoms with van der Waals surface area (Å²) < 4.78 is 231. The zero-order valence-electron chi connectivity index (χ0n) is 26.6. The van der Waals surface area contributed by atoms with E-state index >= 15 is 0 Å². The monoisotopic (exact) mass is 740 g/mol. The molecular weight excluding hydrogens is 703 g/mol. The van der Waals surface area contributed by atoms with E-state index in [2.05, 4.69) is 0 Å². The number of carbonyl (C=O) groups excluding carboxylic acids is 1. The van der Waals surface area contributed by atoms with Crippen molar-refractivity contribution in [2.75, 3.05) is 0 Å². The van der Waals surface area contributed by atoms with Gasteiger partial charge in [-0.3, -0.25) is 4.79 Å². The summed E-state index contributed by atoms with van der Waals surface area (Å²) in [6.45, 7) is 2.96. The van der Waals surface area contributed by atoms with Crippen molar-refractivity contribution in [2.45, 2.75) is 135 Å². The Morgan fingerprint density at radius 2 is 1.25 bits per heavy atom. The highest BCUT2D eigenvalue weighted by atomic mass is 19.4. The quantitative estimate of drug-likeness (QED) is 0.200. The molecule has 3 fully saturated rings. The number of fused-ring (bicyclic) bond motifs is 2. The molecular formula is C29H37F17O2. The molecule has 0 aromatic carbocycles. The third kappa shape index (κ3) is 6.82. The molecule has 19 heteroatoms. The fourth-order valence-corrected chi connectivity index (χ4v) is 7.15. The van der Waals surface area contributed by atoms with E-state index in [1.807, 2.05) is 0 Å². The van der Waals surface area contributed by atoms with Crippen molar-refractivity contribution in [3.05, 3.63) is 0 Å². The van der Waals surface area contributed by atoms with Gasteiger partial charge in [-0.1, -0.05) is 13.8 Å². The summed E-state index contributed by atoms with van der Waals surface area (Å²) in [5.41, 5.74) is -15.0. The van der Waals surface area contributed by atoms with Crippen LogP contribution >= 0.6 is 0 Å². The Kier molecular flexibility index (Phi) is 11.1. The second-order valence-corrected chi connectivity index (χ2v) is 14.2. The molecule has 48 heavy (non-hydrogen) atoms. The molecule has 0 aromatic heterocycles.